The van der Waals surface area contributed by atoms with Crippen LogP contribution in [0.5, 0.6) is 0 Å². The van der Waals surface area contributed by atoms with Crippen molar-refractivity contribution < 1.29 is 19.8 Å². The minimum atomic E-state index is -0.731. The van der Waals surface area contributed by atoms with E-state index in [-0.39, 0.29) is 17.8 Å². The Morgan fingerprint density at radius 3 is 2.38 bits per heavy atom. The SMILES string of the molecule is CC(C)(C)CCC(C)(O)CSC1CCC(=O)C1CCCCCCC(=O)O. The molecule has 0 radical (unpaired) electrons. The fraction of sp³-hybridized carbons (Fsp3) is 0.905. The number of unbranched alkanes of at least 4 members (excludes halogenated alkanes) is 3. The summed E-state index contributed by atoms with van der Waals surface area (Å²) in [5, 5.41) is 19.6. The molecule has 0 aromatic carbocycles. The normalized spacial score (nSPS) is 23.2. The average molecular weight is 387 g/mol. The van der Waals surface area contributed by atoms with Gasteiger partial charge in [0.2, 0.25) is 0 Å². The summed E-state index contributed by atoms with van der Waals surface area (Å²) in [6, 6.07) is 0. The first-order valence-corrected chi connectivity index (χ1v) is 11.1. The Labute approximate surface area is 163 Å². The van der Waals surface area contributed by atoms with Gasteiger partial charge in [-0.2, -0.15) is 11.8 Å². The van der Waals surface area contributed by atoms with Gasteiger partial charge in [-0.25, -0.2) is 0 Å². The number of ketones is 1. The third-order valence-corrected chi connectivity index (χ3v) is 7.00. The number of aliphatic carboxylic acids is 1. The van der Waals surface area contributed by atoms with Crippen molar-refractivity contribution in [1.29, 1.82) is 0 Å². The Kier molecular flexibility index (Phi) is 9.67. The molecular formula is C21H38O4S. The molecule has 3 unspecified atom stereocenters. The van der Waals surface area contributed by atoms with E-state index in [0.717, 1.165) is 51.4 Å². The molecule has 1 aliphatic rings. The van der Waals surface area contributed by atoms with Gasteiger partial charge in [0.05, 0.1) is 5.60 Å². The topological polar surface area (TPSA) is 74.6 Å². The summed E-state index contributed by atoms with van der Waals surface area (Å²) in [6.45, 7) is 8.50. The predicted molar refractivity (Wildman–Crippen MR) is 109 cm³/mol. The molecule has 0 spiro atoms. The van der Waals surface area contributed by atoms with E-state index in [9.17, 15) is 14.7 Å². The van der Waals surface area contributed by atoms with E-state index in [1.165, 1.54) is 0 Å². The van der Waals surface area contributed by atoms with Gasteiger partial charge in [-0.15, -0.1) is 0 Å². The highest BCUT2D eigenvalue weighted by Crippen LogP contribution is 2.38. The first-order chi connectivity index (χ1) is 12.0. The lowest BCUT2D eigenvalue weighted by atomic mass is 9.86. The third-order valence-electron chi connectivity index (χ3n) is 5.22. The molecule has 26 heavy (non-hydrogen) atoms. The molecule has 5 heteroatoms. The van der Waals surface area contributed by atoms with Crippen molar-refractivity contribution in [3.63, 3.8) is 0 Å². The number of carboxylic acid groups (broad SMARTS) is 1. The number of carbonyl (C=O) groups excluding carboxylic acids is 1. The second-order valence-corrected chi connectivity index (χ2v) is 10.6. The van der Waals surface area contributed by atoms with Crippen LogP contribution >= 0.6 is 11.8 Å². The zero-order chi connectivity index (χ0) is 19.8. The van der Waals surface area contributed by atoms with Crippen LogP contribution in [-0.4, -0.2) is 38.6 Å². The van der Waals surface area contributed by atoms with Crippen LogP contribution in [-0.2, 0) is 9.59 Å². The van der Waals surface area contributed by atoms with Gasteiger partial charge in [-0.3, -0.25) is 9.59 Å². The molecule has 1 aliphatic carbocycles. The lowest BCUT2D eigenvalue weighted by Gasteiger charge is -2.29. The zero-order valence-corrected chi connectivity index (χ0v) is 17.9. The minimum Gasteiger partial charge on any atom is -0.481 e. The summed E-state index contributed by atoms with van der Waals surface area (Å²) in [5.74, 6) is 0.460. The summed E-state index contributed by atoms with van der Waals surface area (Å²) in [7, 11) is 0. The molecule has 152 valence electrons. The van der Waals surface area contributed by atoms with Gasteiger partial charge in [0.25, 0.3) is 0 Å². The van der Waals surface area contributed by atoms with Crippen LogP contribution < -0.4 is 0 Å². The number of aliphatic hydroxyl groups is 1. The van der Waals surface area contributed by atoms with Gasteiger partial charge in [-0.1, -0.05) is 40.0 Å². The van der Waals surface area contributed by atoms with E-state index in [1.807, 2.05) is 6.92 Å². The molecule has 0 saturated heterocycles. The highest BCUT2D eigenvalue weighted by molar-refractivity contribution is 8.00. The monoisotopic (exact) mass is 386 g/mol. The first-order valence-electron chi connectivity index (χ1n) is 10.1. The van der Waals surface area contributed by atoms with Gasteiger partial charge in [0.15, 0.2) is 0 Å². The Morgan fingerprint density at radius 1 is 1.12 bits per heavy atom. The quantitative estimate of drug-likeness (QED) is 0.458. The number of hydrogen-bond acceptors (Lipinski definition) is 4. The number of Topliss-reactive ketones (excluding diaryl/α,β-unsaturated/α-hetero) is 1. The Morgan fingerprint density at radius 2 is 1.77 bits per heavy atom. The number of hydrogen-bond donors (Lipinski definition) is 2. The molecule has 3 atom stereocenters. The smallest absolute Gasteiger partial charge is 0.303 e. The maximum atomic E-state index is 12.2. The van der Waals surface area contributed by atoms with Crippen LogP contribution in [0.3, 0.4) is 0 Å². The molecule has 4 nitrogen and oxygen atoms in total. The molecule has 0 aliphatic heterocycles. The molecule has 0 aromatic rings. The first kappa shape index (κ1) is 23.5. The predicted octanol–water partition coefficient (Wildman–Crippen LogP) is 5.07. The van der Waals surface area contributed by atoms with Crippen LogP contribution in [0, 0.1) is 11.3 Å². The lowest BCUT2D eigenvalue weighted by Crippen LogP contribution is -2.31. The molecule has 0 aromatic heterocycles. The van der Waals surface area contributed by atoms with Crippen LogP contribution in [0.4, 0.5) is 0 Å². The maximum Gasteiger partial charge on any atom is 0.303 e. The third kappa shape index (κ3) is 9.96. The highest BCUT2D eigenvalue weighted by Gasteiger charge is 2.36. The summed E-state index contributed by atoms with van der Waals surface area (Å²) in [4.78, 5) is 22.7. The fourth-order valence-electron chi connectivity index (χ4n) is 3.42. The van der Waals surface area contributed by atoms with Crippen molar-refractivity contribution in [2.24, 2.45) is 11.3 Å². The van der Waals surface area contributed by atoms with Crippen molar-refractivity contribution in [3.8, 4) is 0 Å². The van der Waals surface area contributed by atoms with Gasteiger partial charge in [-0.05, 0) is 44.4 Å². The van der Waals surface area contributed by atoms with Gasteiger partial charge >= 0.3 is 5.97 Å². The molecule has 1 rings (SSSR count). The van der Waals surface area contributed by atoms with E-state index in [2.05, 4.69) is 20.8 Å². The van der Waals surface area contributed by atoms with Crippen molar-refractivity contribution in [2.45, 2.75) is 103 Å². The summed E-state index contributed by atoms with van der Waals surface area (Å²) < 4.78 is 0. The largest absolute Gasteiger partial charge is 0.481 e. The van der Waals surface area contributed by atoms with E-state index >= 15 is 0 Å². The zero-order valence-electron chi connectivity index (χ0n) is 17.1. The van der Waals surface area contributed by atoms with Crippen molar-refractivity contribution in [1.82, 2.24) is 0 Å². The molecular weight excluding hydrogens is 348 g/mol. The summed E-state index contributed by atoms with van der Waals surface area (Å²) in [6.07, 6.45) is 8.18. The second-order valence-electron chi connectivity index (χ2n) is 9.37. The van der Waals surface area contributed by atoms with Crippen LogP contribution in [0.15, 0.2) is 0 Å². The van der Waals surface area contributed by atoms with Gasteiger partial charge in [0, 0.05) is 29.8 Å². The molecule has 2 N–H and O–H groups in total. The summed E-state index contributed by atoms with van der Waals surface area (Å²) in [5.41, 5.74) is -0.452. The van der Waals surface area contributed by atoms with Crippen LogP contribution in [0.25, 0.3) is 0 Å². The molecule has 0 bridgehead atoms. The lowest BCUT2D eigenvalue weighted by molar-refractivity contribution is -0.137. The van der Waals surface area contributed by atoms with Gasteiger partial charge < -0.3 is 10.2 Å². The van der Waals surface area contributed by atoms with Crippen LogP contribution in [0.2, 0.25) is 0 Å². The molecule has 0 heterocycles. The number of rotatable bonds is 12. The van der Waals surface area contributed by atoms with Crippen molar-refractivity contribution in [3.05, 3.63) is 0 Å². The fourth-order valence-corrected chi connectivity index (χ4v) is 4.94. The maximum absolute atomic E-state index is 12.2. The standard InChI is InChI=1S/C21H38O4S/c1-20(2,3)13-14-21(4,25)15-26-18-12-11-17(22)16(18)9-7-5-6-8-10-19(23)24/h16,18,25H,5-15H2,1-4H3,(H,23,24). The number of carboxylic acids is 1. The minimum absolute atomic E-state index is 0.123. The Bertz CT molecular complexity index is 453. The Balaban J connectivity index is 2.33. The van der Waals surface area contributed by atoms with Crippen molar-refractivity contribution in [2.75, 3.05) is 5.75 Å². The molecule has 1 fully saturated rings. The molecule has 1 saturated carbocycles. The second kappa shape index (κ2) is 10.7. The van der Waals surface area contributed by atoms with Crippen molar-refractivity contribution >= 4 is 23.5 Å². The average Bonchev–Trinajstić information content (AvgIpc) is 2.86. The van der Waals surface area contributed by atoms with E-state index in [4.69, 9.17) is 5.11 Å². The summed E-state index contributed by atoms with van der Waals surface area (Å²) >= 11 is 1.78. The number of thioether (sulfide) groups is 1. The van der Waals surface area contributed by atoms with E-state index in [0.29, 0.717) is 23.2 Å². The number of carbonyl (C=O) groups is 2. The van der Waals surface area contributed by atoms with E-state index in [1.54, 1.807) is 11.8 Å². The van der Waals surface area contributed by atoms with E-state index < -0.39 is 11.6 Å². The Hall–Kier alpha value is -0.550. The van der Waals surface area contributed by atoms with Crippen LogP contribution in [0.1, 0.15) is 91.9 Å². The molecule has 0 amide bonds. The highest BCUT2D eigenvalue weighted by atomic mass is 32.2. The van der Waals surface area contributed by atoms with Gasteiger partial charge in [0.1, 0.15) is 5.78 Å².